The van der Waals surface area contributed by atoms with Gasteiger partial charge in [0.1, 0.15) is 24.4 Å². The number of carboxylic acids is 3. The number of aromatic amines is 1. The van der Waals surface area contributed by atoms with Crippen LogP contribution in [0.5, 0.6) is 0 Å². The van der Waals surface area contributed by atoms with Crippen LogP contribution < -0.4 is 27.2 Å². The van der Waals surface area contributed by atoms with Crippen molar-refractivity contribution < 1.29 is 100 Å². The molecule has 0 aliphatic carbocycles. The van der Waals surface area contributed by atoms with Crippen molar-refractivity contribution in [1.29, 1.82) is 0 Å². The van der Waals surface area contributed by atoms with E-state index in [-0.39, 0.29) is 54.3 Å². The maximum atomic E-state index is 12.9. The number of H-pyrrole nitrogens is 1. The highest BCUT2D eigenvalue weighted by Gasteiger charge is 2.43. The summed E-state index contributed by atoms with van der Waals surface area (Å²) in [6.45, 7) is 2.66. The molecule has 0 radical (unpaired) electrons. The average Bonchev–Trinajstić information content (AvgIpc) is 3.71. The maximum Gasteiger partial charge on any atom is 0.490 e. The SMILES string of the molecule is CC(C)(CCCC(=O)NC(CC(=O)O)C(=O)NC(CC(=O)O)C(=O)O)SSCCC(=O)NCC#Cc1cn(C2CC(O)C(COP(=O)(O)OP(=O)(O)OP(=O)(O)O)O2)c2nc(N)[nH]c(=O)c12. The van der Waals surface area contributed by atoms with Crippen molar-refractivity contribution in [3.63, 3.8) is 0 Å². The van der Waals surface area contributed by atoms with Crippen LogP contribution in [0.25, 0.3) is 11.0 Å². The fraction of sp³-hybridized carbons (Fsp3) is 0.562. The van der Waals surface area contributed by atoms with Crippen molar-refractivity contribution in [3.8, 4) is 11.8 Å². The van der Waals surface area contributed by atoms with Gasteiger partial charge in [-0.2, -0.15) is 13.6 Å². The molecule has 7 unspecified atom stereocenters. The minimum absolute atomic E-state index is 0.0478. The van der Waals surface area contributed by atoms with Crippen LogP contribution in [-0.4, -0.2) is 138 Å². The van der Waals surface area contributed by atoms with E-state index in [1.165, 1.54) is 32.4 Å². The number of carboxylic acid groups (broad SMARTS) is 3. The second-order valence-corrected chi connectivity index (χ2v) is 22.0. The van der Waals surface area contributed by atoms with Crippen LogP contribution in [0.1, 0.15) is 70.6 Å². The Balaban J connectivity index is 1.49. The normalized spacial score (nSPS) is 19.0. The third-order valence-electron chi connectivity index (χ3n) is 8.53. The topological polar surface area (TPSA) is 465 Å². The molecule has 2 aromatic heterocycles. The van der Waals surface area contributed by atoms with Crippen molar-refractivity contribution in [2.75, 3.05) is 24.6 Å². The Hall–Kier alpha value is -4.37. The van der Waals surface area contributed by atoms with Crippen molar-refractivity contribution in [2.45, 2.75) is 94.1 Å². The number of aliphatic carboxylic acids is 3. The lowest BCUT2D eigenvalue weighted by Gasteiger charge is -2.23. The zero-order chi connectivity index (χ0) is 49.8. The molecule has 1 aliphatic heterocycles. The number of hydrogen-bond donors (Lipinski definition) is 13. The maximum absolute atomic E-state index is 12.9. The van der Waals surface area contributed by atoms with E-state index in [0.29, 0.717) is 18.6 Å². The van der Waals surface area contributed by atoms with Gasteiger partial charge in [0.25, 0.3) is 5.56 Å². The van der Waals surface area contributed by atoms with E-state index >= 15 is 0 Å². The van der Waals surface area contributed by atoms with E-state index in [1.807, 2.05) is 19.2 Å². The smallest absolute Gasteiger partial charge is 0.481 e. The Morgan fingerprint density at radius 1 is 1.00 bits per heavy atom. The van der Waals surface area contributed by atoms with Crippen molar-refractivity contribution in [1.82, 2.24) is 30.5 Å². The zero-order valence-corrected chi connectivity index (χ0v) is 38.8. The molecule has 34 heteroatoms. The molecule has 0 aromatic carbocycles. The molecule has 3 amide bonds. The quantitative estimate of drug-likeness (QED) is 0.0244. The number of carbonyl (C=O) groups excluding carboxylic acids is 3. The van der Waals surface area contributed by atoms with Gasteiger partial charge in [0.15, 0.2) is 5.65 Å². The van der Waals surface area contributed by atoms with Crippen LogP contribution in [0.4, 0.5) is 5.95 Å². The van der Waals surface area contributed by atoms with Gasteiger partial charge in [-0.25, -0.2) is 18.5 Å². The predicted octanol–water partition coefficient (Wildman–Crippen LogP) is -0.510. The third-order valence-corrected chi connectivity index (χ3v) is 15.7. The lowest BCUT2D eigenvalue weighted by atomic mass is 10.0. The van der Waals surface area contributed by atoms with Crippen LogP contribution in [0, 0.1) is 11.8 Å². The van der Waals surface area contributed by atoms with E-state index < -0.39 is 113 Å². The largest absolute Gasteiger partial charge is 0.490 e. The first-order valence-corrected chi connectivity index (χ1v) is 25.6. The molecule has 1 fully saturated rings. The van der Waals surface area contributed by atoms with Crippen LogP contribution in [0.15, 0.2) is 11.0 Å². The number of nitrogens with two attached hydrogens (primary N) is 1. The number of fused-ring (bicyclic) bond motifs is 1. The molecule has 7 atom stereocenters. The van der Waals surface area contributed by atoms with Gasteiger partial charge < -0.3 is 71.0 Å². The molecular formula is C32H46N7O22P3S2. The Bertz CT molecular complexity index is 2420. The number of ether oxygens (including phenoxy) is 1. The average molecular weight is 1040 g/mol. The molecule has 3 heterocycles. The first-order valence-electron chi connectivity index (χ1n) is 18.8. The third kappa shape index (κ3) is 19.1. The summed E-state index contributed by atoms with van der Waals surface area (Å²) in [4.78, 5) is 127. The van der Waals surface area contributed by atoms with Gasteiger partial charge >= 0.3 is 41.4 Å². The number of amides is 3. The Morgan fingerprint density at radius 3 is 2.27 bits per heavy atom. The number of carbonyl (C=O) groups is 6. The van der Waals surface area contributed by atoms with Gasteiger partial charge in [-0.15, -0.1) is 0 Å². The fourth-order valence-corrected chi connectivity index (χ4v) is 11.3. The van der Waals surface area contributed by atoms with E-state index in [1.54, 1.807) is 0 Å². The van der Waals surface area contributed by atoms with Gasteiger partial charge in [0, 0.05) is 36.0 Å². The molecule has 0 bridgehead atoms. The van der Waals surface area contributed by atoms with Crippen molar-refractivity contribution in [3.05, 3.63) is 22.1 Å². The highest BCUT2D eigenvalue weighted by atomic mass is 33.1. The number of anilines is 1. The Morgan fingerprint density at radius 2 is 1.65 bits per heavy atom. The summed E-state index contributed by atoms with van der Waals surface area (Å²) in [5.41, 5.74) is 5.09. The van der Waals surface area contributed by atoms with Crippen LogP contribution in [-0.2, 0) is 60.3 Å². The zero-order valence-electron chi connectivity index (χ0n) is 34.5. The lowest BCUT2D eigenvalue weighted by Crippen LogP contribution is -2.52. The molecule has 0 saturated carbocycles. The highest BCUT2D eigenvalue weighted by molar-refractivity contribution is 8.77. The molecule has 368 valence electrons. The van der Waals surface area contributed by atoms with Gasteiger partial charge in [0.2, 0.25) is 23.7 Å². The molecule has 14 N–H and O–H groups in total. The molecule has 1 aliphatic rings. The predicted molar refractivity (Wildman–Crippen MR) is 228 cm³/mol. The number of aliphatic hydroxyl groups excluding tert-OH is 1. The second kappa shape index (κ2) is 24.1. The van der Waals surface area contributed by atoms with Crippen LogP contribution in [0.2, 0.25) is 0 Å². The minimum atomic E-state index is -5.80. The lowest BCUT2D eigenvalue weighted by molar-refractivity contribution is -0.148. The Labute approximate surface area is 380 Å². The Kier molecular flexibility index (Phi) is 20.4. The number of nitrogens with zero attached hydrogens (tertiary/aromatic N) is 2. The van der Waals surface area contributed by atoms with Gasteiger partial charge in [0.05, 0.1) is 43.0 Å². The van der Waals surface area contributed by atoms with Crippen LogP contribution >= 0.6 is 45.1 Å². The summed E-state index contributed by atoms with van der Waals surface area (Å²) in [6, 6.07) is -3.51. The highest BCUT2D eigenvalue weighted by Crippen LogP contribution is 2.66. The summed E-state index contributed by atoms with van der Waals surface area (Å²) in [5, 5.41) is 44.5. The van der Waals surface area contributed by atoms with Crippen molar-refractivity contribution >= 4 is 97.7 Å². The van der Waals surface area contributed by atoms with E-state index in [2.05, 4.69) is 45.6 Å². The molecule has 66 heavy (non-hydrogen) atoms. The second-order valence-electron chi connectivity index (χ2n) is 14.5. The standard InChI is InChI=1S/C32H46N7O22P3S2/c1-32(2,8-3-6-22(42)35-17(11-24(43)44)28(47)36-18(30(49)50)12-25(45)46)66-65-10-7-21(41)34-9-4-5-16-14-39(27-26(16)29(48)38-31(33)37-27)23-13-19(40)20(59-23)15-58-63(54,55)61-64(56,57)60-62(51,52)53/h14,17-20,23,40H,3,6-13,15H2,1-2H3,(H,34,41)(H,35,42)(H,36,47)(H,43,44)(H,45,46)(H,49,50)(H,54,55)(H,56,57)(H2,51,52,53)(H3,33,37,38,48). The fourth-order valence-electron chi connectivity index (χ4n) is 5.71. The monoisotopic (exact) mass is 1040 g/mol. The molecule has 3 rings (SSSR count). The summed E-state index contributed by atoms with van der Waals surface area (Å²) in [5.74, 6) is -1.35. The van der Waals surface area contributed by atoms with Crippen LogP contribution in [0.3, 0.4) is 0 Å². The van der Waals surface area contributed by atoms with Gasteiger partial charge in [-0.3, -0.25) is 38.3 Å². The molecular weight excluding hydrogens is 991 g/mol. The number of nitrogen functional groups attached to an aromatic ring is 1. The summed E-state index contributed by atoms with van der Waals surface area (Å²) < 4.78 is 53.1. The van der Waals surface area contributed by atoms with Gasteiger partial charge in [-0.1, -0.05) is 33.4 Å². The molecule has 0 spiro atoms. The number of phosphoric acid groups is 3. The number of aliphatic hydroxyl groups is 1. The number of rotatable bonds is 26. The summed E-state index contributed by atoms with van der Waals surface area (Å²) in [6.07, 6.45) is -3.97. The van der Waals surface area contributed by atoms with E-state index in [4.69, 9.17) is 35.6 Å². The minimum Gasteiger partial charge on any atom is -0.481 e. The molecule has 2 aromatic rings. The summed E-state index contributed by atoms with van der Waals surface area (Å²) >= 11 is 0. The number of phosphoric ester groups is 1. The van der Waals surface area contributed by atoms with E-state index in [9.17, 15) is 62.2 Å². The van der Waals surface area contributed by atoms with Gasteiger partial charge in [-0.05, 0) is 26.7 Å². The summed E-state index contributed by atoms with van der Waals surface area (Å²) in [7, 11) is -14.2. The number of hydrogen-bond acceptors (Lipinski definition) is 19. The number of aromatic nitrogens is 3. The first-order chi connectivity index (χ1) is 30.5. The first kappa shape index (κ1) is 56.0. The number of nitrogens with one attached hydrogen (secondary N) is 4. The van der Waals surface area contributed by atoms with Crippen molar-refractivity contribution in [2.24, 2.45) is 0 Å². The molecule has 29 nitrogen and oxygen atoms in total. The van der Waals surface area contributed by atoms with E-state index in [0.717, 1.165) is 0 Å². The molecule has 1 saturated heterocycles.